The molecule has 0 aliphatic carbocycles. The molecule has 0 atom stereocenters. The monoisotopic (exact) mass is 468 g/mol. The first-order chi connectivity index (χ1) is 15.2. The zero-order valence-corrected chi connectivity index (χ0v) is 22.8. The third-order valence-electron chi connectivity index (χ3n) is 5.30. The second-order valence-electron chi connectivity index (χ2n) is 8.35. The van der Waals surface area contributed by atoms with E-state index in [1.54, 1.807) is 6.08 Å². The Bertz CT molecular complexity index is 614. The van der Waals surface area contributed by atoms with Gasteiger partial charge in [-0.15, -0.1) is 10.3 Å². The lowest BCUT2D eigenvalue weighted by atomic mass is 10.2. The summed E-state index contributed by atoms with van der Waals surface area (Å²) in [6.45, 7) is 19.5. The van der Waals surface area contributed by atoms with E-state index in [4.69, 9.17) is 8.92 Å². The first-order valence-electron chi connectivity index (χ1n) is 12.2. The molecule has 0 heterocycles. The fourth-order valence-electron chi connectivity index (χ4n) is 3.90. The van der Waals surface area contributed by atoms with Crippen molar-refractivity contribution < 1.29 is 18.5 Å². The summed E-state index contributed by atoms with van der Waals surface area (Å²) in [5, 5.41) is 1.77. The first-order valence-corrected chi connectivity index (χ1v) is 13.9. The van der Waals surface area contributed by atoms with Gasteiger partial charge in [-0.25, -0.2) is 4.79 Å². The van der Waals surface area contributed by atoms with Crippen molar-refractivity contribution >= 4 is 22.4 Å². The van der Waals surface area contributed by atoms with Crippen LogP contribution >= 0.6 is 10.3 Å². The van der Waals surface area contributed by atoms with Crippen LogP contribution in [0.5, 0.6) is 5.75 Å². The van der Waals surface area contributed by atoms with Gasteiger partial charge in [-0.1, -0.05) is 73.9 Å². The minimum atomic E-state index is -1.05. The van der Waals surface area contributed by atoms with E-state index in [2.05, 4.69) is 46.3 Å². The van der Waals surface area contributed by atoms with E-state index < -0.39 is 10.3 Å². The smallest absolute Gasteiger partial charge is 0.330 e. The molecule has 0 N–H and O–H groups in total. The average molecular weight is 469 g/mol. The van der Waals surface area contributed by atoms with Crippen molar-refractivity contribution in [3.63, 3.8) is 0 Å². The van der Waals surface area contributed by atoms with Crippen molar-refractivity contribution in [1.82, 2.24) is 0 Å². The van der Waals surface area contributed by atoms with E-state index in [0.29, 0.717) is 15.7 Å². The minimum Gasteiger partial charge on any atom is -0.494 e. The normalized spacial score (nSPS) is 12.2. The fourth-order valence-corrected chi connectivity index (χ4v) is 8.39. The predicted molar refractivity (Wildman–Crippen MR) is 142 cm³/mol. The van der Waals surface area contributed by atoms with Gasteiger partial charge in [0.1, 0.15) is 5.75 Å². The maximum absolute atomic E-state index is 11.1. The predicted octanol–water partition coefficient (Wildman–Crippen LogP) is 7.80. The van der Waals surface area contributed by atoms with E-state index in [-0.39, 0.29) is 5.97 Å². The Morgan fingerprint density at radius 3 is 1.81 bits per heavy atom. The number of ether oxygens (including phenoxy) is 2. The number of unbranched alkanes of at least 4 members (excludes halogenated alkanes) is 3. The number of rotatable bonds is 14. The Morgan fingerprint density at radius 2 is 1.34 bits per heavy atom. The molecule has 1 rings (SSSR count). The number of carbonyl (C=O) groups excluding carboxylic acids is 1. The largest absolute Gasteiger partial charge is 0.494 e. The molecule has 0 radical (unpaired) electrons. The van der Waals surface area contributed by atoms with Crippen LogP contribution in [-0.4, -0.2) is 42.0 Å². The number of hydrogen-bond donors (Lipinski definition) is 0. The van der Waals surface area contributed by atoms with Crippen molar-refractivity contribution in [2.24, 2.45) is 0 Å². The molecular weight excluding hydrogens is 420 g/mol. The minimum absolute atomic E-state index is 0.356. The van der Waals surface area contributed by atoms with Gasteiger partial charge in [0.25, 0.3) is 0 Å². The Morgan fingerprint density at radius 1 is 0.844 bits per heavy atom. The maximum atomic E-state index is 11.1. The summed E-state index contributed by atoms with van der Waals surface area (Å²) in [6, 6.07) is 7.71. The van der Waals surface area contributed by atoms with Gasteiger partial charge in [-0.05, 0) is 43.0 Å². The Labute approximate surface area is 199 Å². The molecule has 0 saturated carbocycles. The SMILES string of the molecule is CC.COC(=O)/C=C/c1ccc(OCCCCCCOS(C(C)C)(C(C)C)C(C)C)cc1. The lowest BCUT2D eigenvalue weighted by molar-refractivity contribution is -0.134. The molecule has 1 aromatic rings. The number of carbonyl (C=O) groups is 1. The molecule has 0 bridgehead atoms. The summed E-state index contributed by atoms with van der Waals surface area (Å²) < 4.78 is 17.0. The molecule has 0 aliphatic rings. The van der Waals surface area contributed by atoms with Crippen molar-refractivity contribution in [3.05, 3.63) is 35.9 Å². The molecule has 0 spiro atoms. The van der Waals surface area contributed by atoms with Crippen LogP contribution in [0.15, 0.2) is 30.3 Å². The van der Waals surface area contributed by atoms with E-state index in [0.717, 1.165) is 43.8 Å². The molecule has 0 amide bonds. The van der Waals surface area contributed by atoms with Gasteiger partial charge < -0.3 is 13.7 Å². The Hall–Kier alpha value is -1.46. The van der Waals surface area contributed by atoms with Gasteiger partial charge >= 0.3 is 5.97 Å². The van der Waals surface area contributed by atoms with Crippen LogP contribution < -0.4 is 4.74 Å². The summed E-state index contributed by atoms with van der Waals surface area (Å²) >= 11 is 0. The lowest BCUT2D eigenvalue weighted by Gasteiger charge is -2.50. The van der Waals surface area contributed by atoms with Gasteiger partial charge in [0.05, 0.1) is 20.3 Å². The highest BCUT2D eigenvalue weighted by Crippen LogP contribution is 2.61. The van der Waals surface area contributed by atoms with Gasteiger partial charge in [-0.3, -0.25) is 0 Å². The highest BCUT2D eigenvalue weighted by Gasteiger charge is 2.35. The van der Waals surface area contributed by atoms with Crippen LogP contribution in [-0.2, 0) is 13.7 Å². The fraction of sp³-hybridized carbons (Fsp3) is 0.667. The summed E-state index contributed by atoms with van der Waals surface area (Å²) in [7, 11) is 0.320. The molecule has 32 heavy (non-hydrogen) atoms. The molecule has 0 fully saturated rings. The Kier molecular flexibility index (Phi) is 16.3. The van der Waals surface area contributed by atoms with E-state index in [1.165, 1.54) is 19.6 Å². The molecule has 186 valence electrons. The van der Waals surface area contributed by atoms with Crippen LogP contribution in [0.3, 0.4) is 0 Å². The zero-order valence-electron chi connectivity index (χ0n) is 22.0. The molecule has 0 unspecified atom stereocenters. The van der Waals surface area contributed by atoms with Gasteiger partial charge in [0.15, 0.2) is 0 Å². The Balaban J connectivity index is 0.00000466. The molecule has 0 aromatic heterocycles. The van der Waals surface area contributed by atoms with Crippen LogP contribution in [0.2, 0.25) is 0 Å². The molecular formula is C27H48O4S. The maximum Gasteiger partial charge on any atom is 0.330 e. The van der Waals surface area contributed by atoms with Crippen molar-refractivity contribution in [2.75, 3.05) is 20.3 Å². The second kappa shape index (κ2) is 17.1. The van der Waals surface area contributed by atoms with Gasteiger partial charge in [0, 0.05) is 21.8 Å². The van der Waals surface area contributed by atoms with Crippen LogP contribution in [0, 0.1) is 0 Å². The molecule has 1 aromatic carbocycles. The van der Waals surface area contributed by atoms with Crippen LogP contribution in [0.4, 0.5) is 0 Å². The molecule has 5 heteroatoms. The third-order valence-corrected chi connectivity index (χ3v) is 10.3. The zero-order chi connectivity index (χ0) is 24.6. The quantitative estimate of drug-likeness (QED) is 0.159. The van der Waals surface area contributed by atoms with E-state index >= 15 is 0 Å². The number of benzene rings is 1. The molecule has 4 nitrogen and oxygen atoms in total. The highest BCUT2D eigenvalue weighted by atomic mass is 32.3. The van der Waals surface area contributed by atoms with Crippen molar-refractivity contribution in [1.29, 1.82) is 0 Å². The topological polar surface area (TPSA) is 44.8 Å². The van der Waals surface area contributed by atoms with Crippen molar-refractivity contribution in [3.8, 4) is 5.75 Å². The first kappa shape index (κ1) is 30.5. The summed E-state index contributed by atoms with van der Waals surface area (Å²) in [6.07, 6.45) is 7.62. The van der Waals surface area contributed by atoms with Crippen LogP contribution in [0.25, 0.3) is 6.08 Å². The summed E-state index contributed by atoms with van der Waals surface area (Å²) in [4.78, 5) is 11.1. The van der Waals surface area contributed by atoms with Crippen LogP contribution in [0.1, 0.15) is 86.6 Å². The number of esters is 1. The van der Waals surface area contributed by atoms with Gasteiger partial charge in [0.2, 0.25) is 0 Å². The third kappa shape index (κ3) is 10.4. The second-order valence-corrected chi connectivity index (χ2v) is 12.8. The molecule has 0 saturated heterocycles. The average Bonchev–Trinajstić information content (AvgIpc) is 2.77. The number of methoxy groups -OCH3 is 1. The summed E-state index contributed by atoms with van der Waals surface area (Å²) in [5.41, 5.74) is 0.940. The molecule has 0 aliphatic heterocycles. The van der Waals surface area contributed by atoms with Gasteiger partial charge in [-0.2, -0.15) is 0 Å². The van der Waals surface area contributed by atoms with Crippen molar-refractivity contribution in [2.45, 2.75) is 96.8 Å². The summed E-state index contributed by atoms with van der Waals surface area (Å²) in [5.74, 6) is 0.498. The lowest BCUT2D eigenvalue weighted by Crippen LogP contribution is -2.31. The van der Waals surface area contributed by atoms with E-state index in [9.17, 15) is 4.79 Å². The standard InChI is InChI=1S/C25H42O4S.C2H6/c1-20(2)30(21(3)4,22(5)6)29-19-11-9-8-10-18-28-24-15-12-23(13-16-24)14-17-25(26)27-7;1-2/h12-17,20-22H,8-11,18-19H2,1-7H3;1-2H3/b17-14+;. The number of hydrogen-bond acceptors (Lipinski definition) is 4. The van der Waals surface area contributed by atoms with E-state index in [1.807, 2.05) is 38.1 Å². The highest BCUT2D eigenvalue weighted by molar-refractivity contribution is 8.31.